The van der Waals surface area contributed by atoms with Crippen molar-refractivity contribution in [1.29, 1.82) is 0 Å². The van der Waals surface area contributed by atoms with Crippen molar-refractivity contribution >= 4 is 21.1 Å². The van der Waals surface area contributed by atoms with E-state index in [0.29, 0.717) is 46.7 Å². The molecule has 0 bridgehead atoms. The molecule has 0 radical (unpaired) electrons. The fourth-order valence-corrected chi connectivity index (χ4v) is 3.99. The zero-order valence-electron chi connectivity index (χ0n) is 18.5. The summed E-state index contributed by atoms with van der Waals surface area (Å²) in [6.07, 6.45) is 4.08. The quantitative estimate of drug-likeness (QED) is 0.378. The van der Waals surface area contributed by atoms with E-state index in [1.807, 2.05) is 6.92 Å². The number of sulfone groups is 1. The molecule has 11 nitrogen and oxygen atoms in total. The van der Waals surface area contributed by atoms with Gasteiger partial charge in [-0.25, -0.2) is 33.3 Å². The highest BCUT2D eigenvalue weighted by Gasteiger charge is 2.25. The predicted octanol–water partition coefficient (Wildman–Crippen LogP) is 2.23. The molecule has 0 spiro atoms. The van der Waals surface area contributed by atoms with Crippen LogP contribution < -0.4 is 14.2 Å². The molecule has 0 aromatic carbocycles. The lowest BCUT2D eigenvalue weighted by Crippen LogP contribution is -2.08. The minimum Gasteiger partial charge on any atom is -0.494 e. The van der Waals surface area contributed by atoms with Gasteiger partial charge in [0.25, 0.3) is 0 Å². The minimum absolute atomic E-state index is 0.256. The van der Waals surface area contributed by atoms with E-state index in [2.05, 4.69) is 24.9 Å². The lowest BCUT2D eigenvalue weighted by Gasteiger charge is -2.15. The minimum atomic E-state index is -3.33. The van der Waals surface area contributed by atoms with Gasteiger partial charge in [0.15, 0.2) is 32.6 Å². The van der Waals surface area contributed by atoms with Crippen LogP contribution in [0.15, 0.2) is 36.7 Å². The normalized spacial score (nSPS) is 11.5. The molecule has 0 N–H and O–H groups in total. The van der Waals surface area contributed by atoms with E-state index >= 15 is 0 Å². The van der Waals surface area contributed by atoms with Crippen molar-refractivity contribution in [2.75, 3.05) is 27.1 Å². The van der Waals surface area contributed by atoms with E-state index in [9.17, 15) is 8.42 Å². The van der Waals surface area contributed by atoms with Crippen LogP contribution >= 0.6 is 0 Å². The smallest absolute Gasteiger partial charge is 0.242 e. The number of imidazole rings is 1. The van der Waals surface area contributed by atoms with Crippen molar-refractivity contribution in [3.8, 4) is 34.7 Å². The molecule has 0 amide bonds. The van der Waals surface area contributed by atoms with Crippen LogP contribution in [0.1, 0.15) is 12.6 Å². The number of nitrogens with zero attached hydrogens (tertiary/aromatic N) is 6. The van der Waals surface area contributed by atoms with Gasteiger partial charge >= 0.3 is 0 Å². The van der Waals surface area contributed by atoms with E-state index < -0.39 is 9.84 Å². The van der Waals surface area contributed by atoms with Crippen LogP contribution in [0, 0.1) is 0 Å². The number of hydrogen-bond donors (Lipinski definition) is 0. The predicted molar refractivity (Wildman–Crippen MR) is 121 cm³/mol. The van der Waals surface area contributed by atoms with Crippen LogP contribution in [-0.2, 0) is 15.6 Å². The number of methoxy groups -OCH3 is 2. The Bertz CT molecular complexity index is 1400. The number of hydrogen-bond acceptors (Lipinski definition) is 10. The lowest BCUT2D eigenvalue weighted by atomic mass is 10.3. The van der Waals surface area contributed by atoms with Gasteiger partial charge in [-0.3, -0.25) is 4.57 Å². The van der Waals surface area contributed by atoms with Crippen LogP contribution in [0.25, 0.3) is 28.5 Å². The molecule has 12 heteroatoms. The average molecular weight is 471 g/mol. The first-order valence-electron chi connectivity index (χ1n) is 9.94. The van der Waals surface area contributed by atoms with Crippen molar-refractivity contribution in [2.45, 2.75) is 12.7 Å². The summed E-state index contributed by atoms with van der Waals surface area (Å²) in [5.41, 5.74) is 1.78. The summed E-state index contributed by atoms with van der Waals surface area (Å²) >= 11 is 0. The van der Waals surface area contributed by atoms with Gasteiger partial charge in [-0.2, -0.15) is 0 Å². The highest BCUT2D eigenvalue weighted by molar-refractivity contribution is 7.89. The molecule has 4 heterocycles. The van der Waals surface area contributed by atoms with Crippen LogP contribution in [0.4, 0.5) is 0 Å². The van der Waals surface area contributed by atoms with Crippen molar-refractivity contribution in [1.82, 2.24) is 29.5 Å². The molecule has 0 aliphatic rings. The molecular weight excluding hydrogens is 448 g/mol. The van der Waals surface area contributed by atoms with Gasteiger partial charge in [0.05, 0.1) is 38.5 Å². The standard InChI is InChI=1S/C21H22N6O5S/c1-5-32-16-8-6-7-14(25-16)19-26-18-20(24-13(11-23-18)12-33(4,28)29)27(19)17-15(30-2)9-10-22-21(17)31-3/h6-11H,5,12H2,1-4H3. The molecule has 4 aromatic heterocycles. The number of fused-ring (bicyclic) bond motifs is 1. The summed E-state index contributed by atoms with van der Waals surface area (Å²) < 4.78 is 42.0. The zero-order valence-corrected chi connectivity index (χ0v) is 19.3. The second-order valence-corrected chi connectivity index (χ2v) is 9.15. The van der Waals surface area contributed by atoms with Gasteiger partial charge in [0, 0.05) is 24.6 Å². The molecule has 0 saturated heterocycles. The van der Waals surface area contributed by atoms with Crippen LogP contribution in [-0.4, -0.2) is 65.0 Å². The van der Waals surface area contributed by atoms with Crippen molar-refractivity contribution in [2.24, 2.45) is 0 Å². The second kappa shape index (κ2) is 8.98. The fourth-order valence-electron chi connectivity index (χ4n) is 3.32. The topological polar surface area (TPSA) is 131 Å². The van der Waals surface area contributed by atoms with Crippen molar-refractivity contribution in [3.05, 3.63) is 42.4 Å². The van der Waals surface area contributed by atoms with Crippen LogP contribution in [0.2, 0.25) is 0 Å². The number of pyridine rings is 2. The zero-order chi connectivity index (χ0) is 23.6. The average Bonchev–Trinajstić information content (AvgIpc) is 3.16. The Balaban J connectivity index is 2.06. The summed E-state index contributed by atoms with van der Waals surface area (Å²) in [5.74, 6) is 1.24. The van der Waals surface area contributed by atoms with E-state index in [4.69, 9.17) is 14.2 Å². The Morgan fingerprint density at radius 1 is 1.03 bits per heavy atom. The van der Waals surface area contributed by atoms with Crippen LogP contribution in [0.5, 0.6) is 17.5 Å². The summed E-state index contributed by atoms with van der Waals surface area (Å²) in [4.78, 5) is 22.4. The first kappa shape index (κ1) is 22.4. The van der Waals surface area contributed by atoms with Gasteiger partial charge in [0.1, 0.15) is 11.4 Å². The third-order valence-electron chi connectivity index (χ3n) is 4.57. The third kappa shape index (κ3) is 4.55. The van der Waals surface area contributed by atoms with Gasteiger partial charge < -0.3 is 14.2 Å². The molecule has 4 aromatic rings. The molecule has 0 atom stereocenters. The second-order valence-electron chi connectivity index (χ2n) is 7.01. The van der Waals surface area contributed by atoms with Gasteiger partial charge in [-0.15, -0.1) is 0 Å². The van der Waals surface area contributed by atoms with Gasteiger partial charge in [-0.1, -0.05) is 6.07 Å². The van der Waals surface area contributed by atoms with Gasteiger partial charge in [-0.05, 0) is 13.0 Å². The Morgan fingerprint density at radius 3 is 2.55 bits per heavy atom. The Morgan fingerprint density at radius 2 is 1.85 bits per heavy atom. The van der Waals surface area contributed by atoms with Gasteiger partial charge in [0.2, 0.25) is 11.8 Å². The summed E-state index contributed by atoms with van der Waals surface area (Å²) in [6, 6.07) is 6.98. The molecule has 0 saturated carbocycles. The molecular formula is C21H22N6O5S. The maximum absolute atomic E-state index is 11.9. The molecule has 0 fully saturated rings. The number of aromatic nitrogens is 6. The number of ether oxygens (including phenoxy) is 3. The molecule has 33 heavy (non-hydrogen) atoms. The van der Waals surface area contributed by atoms with E-state index in [0.717, 1.165) is 6.26 Å². The largest absolute Gasteiger partial charge is 0.494 e. The molecule has 0 unspecified atom stereocenters. The first-order chi connectivity index (χ1) is 15.8. The fraction of sp³-hybridized carbons (Fsp3) is 0.286. The van der Waals surface area contributed by atoms with E-state index in [-0.39, 0.29) is 17.3 Å². The highest BCUT2D eigenvalue weighted by Crippen LogP contribution is 2.36. The molecule has 4 rings (SSSR count). The summed E-state index contributed by atoms with van der Waals surface area (Å²) in [5, 5.41) is 0. The Kier molecular flexibility index (Phi) is 6.09. The number of rotatable bonds is 8. The first-order valence-corrected chi connectivity index (χ1v) is 12.0. The maximum Gasteiger partial charge on any atom is 0.242 e. The van der Waals surface area contributed by atoms with Crippen LogP contribution in [0.3, 0.4) is 0 Å². The van der Waals surface area contributed by atoms with E-state index in [1.54, 1.807) is 35.0 Å². The van der Waals surface area contributed by atoms with Crippen molar-refractivity contribution < 1.29 is 22.6 Å². The molecule has 0 aliphatic heterocycles. The SMILES string of the molecule is CCOc1cccc(-c2nc3ncc(CS(C)(=O)=O)nc3n2-c2c(OC)ccnc2OC)n1. The Hall–Kier alpha value is -3.80. The lowest BCUT2D eigenvalue weighted by molar-refractivity contribution is 0.327. The maximum atomic E-state index is 11.9. The molecule has 172 valence electrons. The summed E-state index contributed by atoms with van der Waals surface area (Å²) in [7, 11) is -0.324. The third-order valence-corrected chi connectivity index (χ3v) is 5.39. The Labute approximate surface area is 190 Å². The highest BCUT2D eigenvalue weighted by atomic mass is 32.2. The van der Waals surface area contributed by atoms with Crippen molar-refractivity contribution in [3.63, 3.8) is 0 Å². The summed E-state index contributed by atoms with van der Waals surface area (Å²) in [6.45, 7) is 2.32. The van der Waals surface area contributed by atoms with E-state index in [1.165, 1.54) is 20.4 Å². The monoisotopic (exact) mass is 470 g/mol. The molecule has 0 aliphatic carbocycles.